The lowest BCUT2D eigenvalue weighted by Crippen LogP contribution is -2.34. The zero-order valence-corrected chi connectivity index (χ0v) is 12.4. The Kier molecular flexibility index (Phi) is 4.09. The predicted octanol–water partition coefficient (Wildman–Crippen LogP) is 3.12. The third-order valence-electron chi connectivity index (χ3n) is 3.79. The van der Waals surface area contributed by atoms with Crippen LogP contribution in [-0.4, -0.2) is 18.6 Å². The van der Waals surface area contributed by atoms with Gasteiger partial charge in [0.25, 0.3) is 5.91 Å². The summed E-state index contributed by atoms with van der Waals surface area (Å²) < 4.78 is 19.1. The molecule has 0 fully saturated rings. The smallest absolute Gasteiger partial charge is 0.254 e. The van der Waals surface area contributed by atoms with Gasteiger partial charge in [-0.05, 0) is 42.7 Å². The molecular weight excluding hydrogens is 281 g/mol. The molecule has 3 nitrogen and oxygen atoms in total. The Hall–Kier alpha value is -2.36. The average Bonchev–Trinajstić information content (AvgIpc) is 2.95. The van der Waals surface area contributed by atoms with Gasteiger partial charge in [0.05, 0.1) is 12.2 Å². The Bertz CT molecular complexity index is 699. The highest BCUT2D eigenvalue weighted by Gasteiger charge is 2.16. The molecule has 0 radical (unpaired) electrons. The lowest BCUT2D eigenvalue weighted by Gasteiger charge is -2.15. The molecule has 1 aliphatic heterocycles. The first kappa shape index (κ1) is 14.6. The molecule has 1 heterocycles. The molecule has 2 aromatic rings. The van der Waals surface area contributed by atoms with E-state index < -0.39 is 5.82 Å². The number of hydrogen-bond donors (Lipinski definition) is 1. The number of benzene rings is 2. The molecule has 1 amide bonds. The summed E-state index contributed by atoms with van der Waals surface area (Å²) in [7, 11) is 0. The highest BCUT2D eigenvalue weighted by Crippen LogP contribution is 2.26. The molecule has 1 atom stereocenters. The van der Waals surface area contributed by atoms with Crippen molar-refractivity contribution in [2.24, 2.45) is 0 Å². The maximum atomic E-state index is 13.6. The number of nitrogens with one attached hydrogen (secondary N) is 1. The summed E-state index contributed by atoms with van der Waals surface area (Å²) in [6.07, 6.45) is 1.63. The van der Waals surface area contributed by atoms with Gasteiger partial charge in [0.2, 0.25) is 0 Å². The summed E-state index contributed by atoms with van der Waals surface area (Å²) in [5.41, 5.74) is 2.44. The second-order valence-electron chi connectivity index (χ2n) is 5.60. The van der Waals surface area contributed by atoms with E-state index in [0.29, 0.717) is 6.42 Å². The SMILES string of the molecule is CC(Cc1ccc2c(c1)CCO2)NC(=O)c1ccccc1F. The number of halogens is 1. The quantitative estimate of drug-likeness (QED) is 0.942. The highest BCUT2D eigenvalue weighted by atomic mass is 19.1. The lowest BCUT2D eigenvalue weighted by atomic mass is 10.0. The fourth-order valence-electron chi connectivity index (χ4n) is 2.72. The van der Waals surface area contributed by atoms with E-state index in [4.69, 9.17) is 4.74 Å². The van der Waals surface area contributed by atoms with Crippen LogP contribution in [0.5, 0.6) is 5.75 Å². The van der Waals surface area contributed by atoms with Crippen molar-refractivity contribution in [3.05, 3.63) is 65.0 Å². The fourth-order valence-corrected chi connectivity index (χ4v) is 2.72. The summed E-state index contributed by atoms with van der Waals surface area (Å²) in [5.74, 6) is 0.0729. The van der Waals surface area contributed by atoms with E-state index in [2.05, 4.69) is 11.4 Å². The van der Waals surface area contributed by atoms with Crippen LogP contribution < -0.4 is 10.1 Å². The van der Waals surface area contributed by atoms with Crippen molar-refractivity contribution in [2.45, 2.75) is 25.8 Å². The summed E-state index contributed by atoms with van der Waals surface area (Å²) >= 11 is 0. The predicted molar refractivity (Wildman–Crippen MR) is 82.7 cm³/mol. The normalized spacial score (nSPS) is 14.1. The zero-order valence-electron chi connectivity index (χ0n) is 12.4. The molecule has 22 heavy (non-hydrogen) atoms. The van der Waals surface area contributed by atoms with E-state index in [9.17, 15) is 9.18 Å². The monoisotopic (exact) mass is 299 g/mol. The molecule has 0 bridgehead atoms. The van der Waals surface area contributed by atoms with Crippen molar-refractivity contribution in [3.63, 3.8) is 0 Å². The van der Waals surface area contributed by atoms with Crippen molar-refractivity contribution in [1.82, 2.24) is 5.32 Å². The molecule has 0 saturated heterocycles. The summed E-state index contributed by atoms with van der Waals surface area (Å²) in [5, 5.41) is 2.84. The Labute approximate surface area is 129 Å². The van der Waals surface area contributed by atoms with Crippen molar-refractivity contribution < 1.29 is 13.9 Å². The fraction of sp³-hybridized carbons (Fsp3) is 0.278. The molecule has 0 aromatic heterocycles. The molecule has 1 aliphatic rings. The second-order valence-corrected chi connectivity index (χ2v) is 5.60. The molecule has 0 saturated carbocycles. The van der Waals surface area contributed by atoms with Gasteiger partial charge in [0.1, 0.15) is 11.6 Å². The van der Waals surface area contributed by atoms with Crippen LogP contribution in [0.1, 0.15) is 28.4 Å². The topological polar surface area (TPSA) is 38.3 Å². The van der Waals surface area contributed by atoms with Crippen LogP contribution in [0.4, 0.5) is 4.39 Å². The average molecular weight is 299 g/mol. The number of carbonyl (C=O) groups excluding carboxylic acids is 1. The van der Waals surface area contributed by atoms with Crippen molar-refractivity contribution in [1.29, 1.82) is 0 Å². The van der Waals surface area contributed by atoms with Crippen LogP contribution in [0.2, 0.25) is 0 Å². The zero-order chi connectivity index (χ0) is 15.5. The molecule has 0 spiro atoms. The van der Waals surface area contributed by atoms with E-state index in [-0.39, 0.29) is 17.5 Å². The van der Waals surface area contributed by atoms with Crippen molar-refractivity contribution >= 4 is 5.91 Å². The highest BCUT2D eigenvalue weighted by molar-refractivity contribution is 5.94. The number of carbonyl (C=O) groups is 1. The van der Waals surface area contributed by atoms with Gasteiger partial charge in [-0.25, -0.2) is 4.39 Å². The third kappa shape index (κ3) is 3.11. The van der Waals surface area contributed by atoms with E-state index in [1.807, 2.05) is 19.1 Å². The van der Waals surface area contributed by atoms with Gasteiger partial charge < -0.3 is 10.1 Å². The van der Waals surface area contributed by atoms with Crippen LogP contribution in [0.15, 0.2) is 42.5 Å². The summed E-state index contributed by atoms with van der Waals surface area (Å²) in [6, 6.07) is 12.0. The van der Waals surface area contributed by atoms with Crippen LogP contribution in [0.25, 0.3) is 0 Å². The standard InChI is InChI=1S/C18H18FNO2/c1-12(20-18(21)15-4-2-3-5-16(15)19)10-13-6-7-17-14(11-13)8-9-22-17/h2-7,11-12H,8-10H2,1H3,(H,20,21). The van der Waals surface area contributed by atoms with Gasteiger partial charge in [-0.15, -0.1) is 0 Å². The van der Waals surface area contributed by atoms with Gasteiger partial charge >= 0.3 is 0 Å². The maximum absolute atomic E-state index is 13.6. The molecule has 1 N–H and O–H groups in total. The maximum Gasteiger partial charge on any atom is 0.254 e. The van der Waals surface area contributed by atoms with Gasteiger partial charge in [-0.3, -0.25) is 4.79 Å². The molecule has 3 rings (SSSR count). The van der Waals surface area contributed by atoms with Crippen LogP contribution in [-0.2, 0) is 12.8 Å². The first-order chi connectivity index (χ1) is 10.6. The van der Waals surface area contributed by atoms with Crippen molar-refractivity contribution in [3.8, 4) is 5.75 Å². The summed E-state index contributed by atoms with van der Waals surface area (Å²) in [4.78, 5) is 12.1. The minimum Gasteiger partial charge on any atom is -0.493 e. The number of rotatable bonds is 4. The Morgan fingerprint density at radius 1 is 1.32 bits per heavy atom. The number of hydrogen-bond acceptors (Lipinski definition) is 2. The molecule has 2 aromatic carbocycles. The number of fused-ring (bicyclic) bond motifs is 1. The Morgan fingerprint density at radius 2 is 2.14 bits per heavy atom. The largest absolute Gasteiger partial charge is 0.493 e. The Morgan fingerprint density at radius 3 is 2.95 bits per heavy atom. The number of ether oxygens (including phenoxy) is 1. The molecular formula is C18H18FNO2. The van der Waals surface area contributed by atoms with E-state index in [1.54, 1.807) is 12.1 Å². The second kappa shape index (κ2) is 6.18. The van der Waals surface area contributed by atoms with E-state index in [0.717, 1.165) is 24.3 Å². The van der Waals surface area contributed by atoms with Gasteiger partial charge in [0, 0.05) is 12.5 Å². The minimum atomic E-state index is -0.498. The van der Waals surface area contributed by atoms with Crippen LogP contribution in [0, 0.1) is 5.82 Å². The third-order valence-corrected chi connectivity index (χ3v) is 3.79. The minimum absolute atomic E-state index is 0.0764. The van der Waals surface area contributed by atoms with Crippen molar-refractivity contribution in [2.75, 3.05) is 6.61 Å². The number of amides is 1. The molecule has 4 heteroatoms. The van der Waals surface area contributed by atoms with E-state index >= 15 is 0 Å². The van der Waals surface area contributed by atoms with Gasteiger partial charge in [-0.1, -0.05) is 24.3 Å². The van der Waals surface area contributed by atoms with Gasteiger partial charge in [-0.2, -0.15) is 0 Å². The summed E-state index contributed by atoms with van der Waals surface area (Å²) in [6.45, 7) is 2.65. The first-order valence-corrected chi connectivity index (χ1v) is 7.43. The lowest BCUT2D eigenvalue weighted by molar-refractivity contribution is 0.0936. The van der Waals surface area contributed by atoms with Crippen LogP contribution >= 0.6 is 0 Å². The molecule has 0 aliphatic carbocycles. The Balaban J connectivity index is 1.64. The van der Waals surface area contributed by atoms with Crippen LogP contribution in [0.3, 0.4) is 0 Å². The van der Waals surface area contributed by atoms with E-state index in [1.165, 1.54) is 17.7 Å². The molecule has 114 valence electrons. The molecule has 1 unspecified atom stereocenters. The first-order valence-electron chi connectivity index (χ1n) is 7.43. The van der Waals surface area contributed by atoms with Gasteiger partial charge in [0.15, 0.2) is 0 Å².